The van der Waals surface area contributed by atoms with Crippen LogP contribution >= 0.6 is 0 Å². The maximum Gasteiger partial charge on any atom is 0.325 e. The van der Waals surface area contributed by atoms with E-state index >= 15 is 0 Å². The van der Waals surface area contributed by atoms with Gasteiger partial charge in [0.15, 0.2) is 5.82 Å². The van der Waals surface area contributed by atoms with Gasteiger partial charge in [0.05, 0.1) is 6.54 Å². The number of aryl methyl sites for hydroxylation is 2. The van der Waals surface area contributed by atoms with Crippen LogP contribution in [0.2, 0.25) is 0 Å². The molecule has 0 aliphatic carbocycles. The van der Waals surface area contributed by atoms with Crippen molar-refractivity contribution >= 4 is 11.9 Å². The van der Waals surface area contributed by atoms with Gasteiger partial charge in [-0.05, 0) is 26.8 Å². The van der Waals surface area contributed by atoms with Gasteiger partial charge in [0.2, 0.25) is 5.89 Å². The molecule has 3 amide bonds. The maximum atomic E-state index is 12.9. The quantitative estimate of drug-likeness (QED) is 0.863. The van der Waals surface area contributed by atoms with Gasteiger partial charge < -0.3 is 14.3 Å². The molecule has 0 spiro atoms. The zero-order chi connectivity index (χ0) is 17.6. The summed E-state index contributed by atoms with van der Waals surface area (Å²) in [7, 11) is 0. The Morgan fingerprint density at radius 2 is 2.04 bits per heavy atom. The fourth-order valence-electron chi connectivity index (χ4n) is 2.86. The lowest BCUT2D eigenvalue weighted by Gasteiger charge is -2.20. The van der Waals surface area contributed by atoms with E-state index in [1.165, 1.54) is 0 Å². The molecule has 1 fully saturated rings. The van der Waals surface area contributed by atoms with E-state index in [2.05, 4.69) is 15.5 Å². The van der Waals surface area contributed by atoms with Crippen LogP contribution in [-0.4, -0.2) is 27.0 Å². The lowest BCUT2D eigenvalue weighted by Crippen LogP contribution is -2.41. The van der Waals surface area contributed by atoms with Crippen molar-refractivity contribution < 1.29 is 18.5 Å². The summed E-state index contributed by atoms with van der Waals surface area (Å²) in [5, 5.41) is 6.58. The van der Waals surface area contributed by atoms with E-state index in [1.54, 1.807) is 26.8 Å². The van der Waals surface area contributed by atoms with Gasteiger partial charge in [0.1, 0.15) is 17.1 Å². The second kappa shape index (κ2) is 5.47. The summed E-state index contributed by atoms with van der Waals surface area (Å²) in [6, 6.07) is 1.28. The molecule has 24 heavy (non-hydrogen) atoms. The average Bonchev–Trinajstić information content (AvgIpc) is 3.14. The molecule has 3 rings (SSSR count). The number of furan rings is 1. The topological polar surface area (TPSA) is 101 Å². The smallest absolute Gasteiger partial charge is 0.325 e. The van der Waals surface area contributed by atoms with Crippen LogP contribution in [0.4, 0.5) is 4.79 Å². The number of aromatic nitrogens is 2. The highest BCUT2D eigenvalue weighted by atomic mass is 16.5. The first-order valence-corrected chi connectivity index (χ1v) is 7.76. The van der Waals surface area contributed by atoms with Crippen LogP contribution in [0, 0.1) is 13.8 Å². The summed E-state index contributed by atoms with van der Waals surface area (Å²) < 4.78 is 10.6. The van der Waals surface area contributed by atoms with Gasteiger partial charge in [-0.1, -0.05) is 19.0 Å². The average molecular weight is 332 g/mol. The molecular weight excluding hydrogens is 312 g/mol. The molecule has 1 aliphatic heterocycles. The minimum absolute atomic E-state index is 0.0354. The molecule has 2 aromatic heterocycles. The van der Waals surface area contributed by atoms with Crippen molar-refractivity contribution in [2.45, 2.75) is 52.6 Å². The van der Waals surface area contributed by atoms with E-state index in [4.69, 9.17) is 8.94 Å². The van der Waals surface area contributed by atoms with Gasteiger partial charge >= 0.3 is 6.03 Å². The highest BCUT2D eigenvalue weighted by molar-refractivity contribution is 6.07. The molecule has 0 radical (unpaired) electrons. The minimum Gasteiger partial charge on any atom is -0.466 e. The summed E-state index contributed by atoms with van der Waals surface area (Å²) >= 11 is 0. The van der Waals surface area contributed by atoms with Crippen LogP contribution in [0.1, 0.15) is 55.5 Å². The molecule has 1 aliphatic rings. The number of imide groups is 1. The van der Waals surface area contributed by atoms with Crippen molar-refractivity contribution in [3.8, 4) is 0 Å². The summed E-state index contributed by atoms with van der Waals surface area (Å²) in [4.78, 5) is 30.5. The molecule has 1 N–H and O–H groups in total. The number of nitrogens with one attached hydrogen (secondary N) is 1. The number of carbonyl (C=O) groups excluding carboxylic acids is 2. The van der Waals surface area contributed by atoms with Gasteiger partial charge in [0.25, 0.3) is 5.91 Å². The summed E-state index contributed by atoms with van der Waals surface area (Å²) in [5.41, 5.74) is -0.513. The minimum atomic E-state index is -1.16. The number of nitrogens with zero attached hydrogens (tertiary/aromatic N) is 3. The Morgan fingerprint density at radius 1 is 1.33 bits per heavy atom. The van der Waals surface area contributed by atoms with E-state index in [0.717, 1.165) is 4.90 Å². The predicted octanol–water partition coefficient (Wildman–Crippen LogP) is 2.37. The third-order valence-corrected chi connectivity index (χ3v) is 4.13. The number of urea groups is 1. The van der Waals surface area contributed by atoms with Gasteiger partial charge in [-0.2, -0.15) is 4.98 Å². The lowest BCUT2D eigenvalue weighted by molar-refractivity contribution is -0.131. The van der Waals surface area contributed by atoms with Gasteiger partial charge in [-0.15, -0.1) is 0 Å². The van der Waals surface area contributed by atoms with E-state index < -0.39 is 11.6 Å². The number of carbonyl (C=O) groups is 2. The Kier molecular flexibility index (Phi) is 3.70. The maximum absolute atomic E-state index is 12.9. The normalized spacial score (nSPS) is 21.0. The molecule has 1 atom stereocenters. The molecule has 0 saturated carbocycles. The molecule has 128 valence electrons. The molecule has 8 nitrogen and oxygen atoms in total. The summed E-state index contributed by atoms with van der Waals surface area (Å²) in [6.07, 6.45) is 0. The predicted molar refractivity (Wildman–Crippen MR) is 83.0 cm³/mol. The van der Waals surface area contributed by atoms with Crippen molar-refractivity contribution in [1.82, 2.24) is 20.4 Å². The second-order valence-electron chi connectivity index (χ2n) is 6.48. The van der Waals surface area contributed by atoms with Crippen LogP contribution in [0.15, 0.2) is 15.0 Å². The first-order chi connectivity index (χ1) is 11.2. The first kappa shape index (κ1) is 16.2. The molecule has 1 saturated heterocycles. The van der Waals surface area contributed by atoms with Crippen LogP contribution in [0.5, 0.6) is 0 Å². The van der Waals surface area contributed by atoms with E-state index in [0.29, 0.717) is 28.8 Å². The molecule has 3 heterocycles. The van der Waals surface area contributed by atoms with Crippen LogP contribution in [0.25, 0.3) is 0 Å². The second-order valence-corrected chi connectivity index (χ2v) is 6.48. The van der Waals surface area contributed by atoms with Crippen LogP contribution in [0.3, 0.4) is 0 Å². The fourth-order valence-corrected chi connectivity index (χ4v) is 2.86. The SMILES string of the molecule is Cc1cc(C2(C)NC(=O)N(Cc3noc(C(C)C)n3)C2=O)c(C)o1. The van der Waals surface area contributed by atoms with Crippen molar-refractivity contribution in [3.63, 3.8) is 0 Å². The van der Waals surface area contributed by atoms with E-state index in [1.807, 2.05) is 13.8 Å². The van der Waals surface area contributed by atoms with Crippen molar-refractivity contribution in [3.05, 3.63) is 34.9 Å². The Balaban J connectivity index is 1.87. The summed E-state index contributed by atoms with van der Waals surface area (Å²) in [5.74, 6) is 1.77. The molecule has 2 aromatic rings. The Hall–Kier alpha value is -2.64. The molecule has 1 unspecified atom stereocenters. The number of hydrogen-bond donors (Lipinski definition) is 1. The zero-order valence-corrected chi connectivity index (χ0v) is 14.3. The third kappa shape index (κ3) is 2.47. The lowest BCUT2D eigenvalue weighted by atomic mass is 9.92. The van der Waals surface area contributed by atoms with E-state index in [9.17, 15) is 9.59 Å². The van der Waals surface area contributed by atoms with Gasteiger partial charge in [-0.25, -0.2) is 4.79 Å². The molecular formula is C16H20N4O4. The highest BCUT2D eigenvalue weighted by Crippen LogP contribution is 2.33. The molecule has 8 heteroatoms. The molecule has 0 bridgehead atoms. The number of amides is 3. The Bertz CT molecular complexity index is 807. The van der Waals surface area contributed by atoms with Crippen LogP contribution in [-0.2, 0) is 16.9 Å². The van der Waals surface area contributed by atoms with Crippen molar-refractivity contribution in [2.75, 3.05) is 0 Å². The van der Waals surface area contributed by atoms with Gasteiger partial charge in [-0.3, -0.25) is 9.69 Å². The van der Waals surface area contributed by atoms with Crippen molar-refractivity contribution in [2.24, 2.45) is 0 Å². The number of hydrogen-bond acceptors (Lipinski definition) is 6. The Labute approximate surface area is 139 Å². The monoisotopic (exact) mass is 332 g/mol. The number of rotatable bonds is 4. The first-order valence-electron chi connectivity index (χ1n) is 7.76. The van der Waals surface area contributed by atoms with E-state index in [-0.39, 0.29) is 18.4 Å². The summed E-state index contributed by atoms with van der Waals surface area (Å²) in [6.45, 7) is 9.04. The largest absolute Gasteiger partial charge is 0.466 e. The van der Waals surface area contributed by atoms with Crippen molar-refractivity contribution in [1.29, 1.82) is 0 Å². The van der Waals surface area contributed by atoms with Crippen LogP contribution < -0.4 is 5.32 Å². The Morgan fingerprint density at radius 3 is 2.58 bits per heavy atom. The fraction of sp³-hybridized carbons (Fsp3) is 0.500. The molecule has 0 aromatic carbocycles. The third-order valence-electron chi connectivity index (χ3n) is 4.13. The standard InChI is InChI=1S/C16H20N4O4/c1-8(2)13-17-12(19-24-13)7-20-14(21)16(5,18-15(20)22)11-6-9(3)23-10(11)4/h6,8H,7H2,1-5H3,(H,18,22). The van der Waals surface area contributed by atoms with Gasteiger partial charge in [0, 0.05) is 11.5 Å². The highest BCUT2D eigenvalue weighted by Gasteiger charge is 2.50. The zero-order valence-electron chi connectivity index (χ0n) is 14.3.